The number of alkyl halides is 1. The van der Waals surface area contributed by atoms with Crippen LogP contribution in [0.2, 0.25) is 5.02 Å². The van der Waals surface area contributed by atoms with Crippen molar-refractivity contribution in [2.45, 2.75) is 11.8 Å². The monoisotopic (exact) mass is 365 g/mol. The smallest absolute Gasteiger partial charge is 0.408 e. The van der Waals surface area contributed by atoms with Gasteiger partial charge in [-0.15, -0.1) is 0 Å². The second kappa shape index (κ2) is 5.35. The topological polar surface area (TPSA) is 35.1 Å². The molecule has 1 aromatic heterocycles. The maximum Gasteiger partial charge on any atom is 0.419 e. The molecule has 0 aliphatic heterocycles. The van der Waals surface area contributed by atoms with Crippen LogP contribution in [0.3, 0.4) is 0 Å². The number of hydrogen-bond acceptors (Lipinski definition) is 2. The van der Waals surface area contributed by atoms with E-state index in [1.54, 1.807) is 7.05 Å². The lowest BCUT2D eigenvalue weighted by Gasteiger charge is -2.14. The molecule has 1 atom stereocenters. The van der Waals surface area contributed by atoms with Gasteiger partial charge >= 0.3 is 5.76 Å². The van der Waals surface area contributed by atoms with Gasteiger partial charge in [0.1, 0.15) is 0 Å². The van der Waals surface area contributed by atoms with Crippen LogP contribution in [0.15, 0.2) is 45.6 Å². The second-order valence-electron chi connectivity index (χ2n) is 5.02. The Morgan fingerprint density at radius 1 is 1.24 bits per heavy atom. The standard InChI is InChI=1S/C16H13BrClNO2/c1-9-3-5-11(18)8-12(9)15(17)10-4-6-13-14(7-10)21-16(20)19(13)2/h3-8,15H,1-2H3. The van der Waals surface area contributed by atoms with Crippen molar-refractivity contribution >= 4 is 38.6 Å². The number of hydrogen-bond donors (Lipinski definition) is 0. The minimum Gasteiger partial charge on any atom is -0.408 e. The molecule has 0 aliphatic rings. The first-order valence-corrected chi connectivity index (χ1v) is 7.76. The van der Waals surface area contributed by atoms with Gasteiger partial charge in [-0.05, 0) is 47.9 Å². The highest BCUT2D eigenvalue weighted by Gasteiger charge is 2.15. The van der Waals surface area contributed by atoms with E-state index >= 15 is 0 Å². The molecule has 3 aromatic rings. The molecule has 0 amide bonds. The number of nitrogens with zero attached hydrogens (tertiary/aromatic N) is 1. The van der Waals surface area contributed by atoms with Crippen LogP contribution in [-0.2, 0) is 7.05 Å². The molecule has 108 valence electrons. The molecule has 5 heteroatoms. The van der Waals surface area contributed by atoms with Crippen molar-refractivity contribution in [2.75, 3.05) is 0 Å². The largest absolute Gasteiger partial charge is 0.419 e. The molecule has 1 unspecified atom stereocenters. The molecule has 0 saturated carbocycles. The Balaban J connectivity index is 2.11. The van der Waals surface area contributed by atoms with Crippen LogP contribution < -0.4 is 5.76 Å². The third-order valence-electron chi connectivity index (χ3n) is 3.62. The van der Waals surface area contributed by atoms with Crippen molar-refractivity contribution in [3.8, 4) is 0 Å². The zero-order valence-electron chi connectivity index (χ0n) is 11.6. The lowest BCUT2D eigenvalue weighted by Crippen LogP contribution is -2.08. The van der Waals surface area contributed by atoms with Crippen molar-refractivity contribution in [3.05, 3.63) is 68.7 Å². The molecule has 0 spiro atoms. The fraction of sp³-hybridized carbons (Fsp3) is 0.188. The highest BCUT2D eigenvalue weighted by molar-refractivity contribution is 9.09. The first kappa shape index (κ1) is 14.4. The van der Waals surface area contributed by atoms with Crippen molar-refractivity contribution in [3.63, 3.8) is 0 Å². The van der Waals surface area contributed by atoms with Crippen LogP contribution in [0.5, 0.6) is 0 Å². The van der Waals surface area contributed by atoms with E-state index in [9.17, 15) is 4.79 Å². The number of benzene rings is 2. The molecule has 21 heavy (non-hydrogen) atoms. The summed E-state index contributed by atoms with van der Waals surface area (Å²) in [4.78, 5) is 11.5. The van der Waals surface area contributed by atoms with Gasteiger partial charge in [-0.3, -0.25) is 4.57 Å². The van der Waals surface area contributed by atoms with Crippen LogP contribution in [0, 0.1) is 6.92 Å². The Bertz CT molecular complexity index is 882. The molecule has 2 aromatic carbocycles. The summed E-state index contributed by atoms with van der Waals surface area (Å²) < 4.78 is 6.73. The Hall–Kier alpha value is -1.52. The second-order valence-corrected chi connectivity index (χ2v) is 6.37. The van der Waals surface area contributed by atoms with E-state index in [0.29, 0.717) is 10.6 Å². The average Bonchev–Trinajstić information content (AvgIpc) is 2.75. The Morgan fingerprint density at radius 2 is 2.00 bits per heavy atom. The molecule has 1 heterocycles. The van der Waals surface area contributed by atoms with Crippen LogP contribution in [0.25, 0.3) is 11.1 Å². The number of oxazole rings is 1. The van der Waals surface area contributed by atoms with E-state index in [4.69, 9.17) is 16.0 Å². The van der Waals surface area contributed by atoms with Crippen molar-refractivity contribution in [2.24, 2.45) is 7.05 Å². The molecular formula is C16H13BrClNO2. The summed E-state index contributed by atoms with van der Waals surface area (Å²) in [6, 6.07) is 11.6. The normalized spacial score (nSPS) is 12.8. The lowest BCUT2D eigenvalue weighted by atomic mass is 10.0. The first-order valence-electron chi connectivity index (χ1n) is 6.47. The van der Waals surface area contributed by atoms with E-state index in [-0.39, 0.29) is 10.6 Å². The third-order valence-corrected chi connectivity index (χ3v) is 4.88. The van der Waals surface area contributed by atoms with Gasteiger partial charge in [0.05, 0.1) is 10.3 Å². The fourth-order valence-corrected chi connectivity index (χ4v) is 3.33. The van der Waals surface area contributed by atoms with Gasteiger partial charge in [0.15, 0.2) is 5.58 Å². The van der Waals surface area contributed by atoms with Gasteiger partial charge in [0, 0.05) is 12.1 Å². The van der Waals surface area contributed by atoms with E-state index < -0.39 is 0 Å². The lowest BCUT2D eigenvalue weighted by molar-refractivity contribution is 0.528. The minimum absolute atomic E-state index is 0.00823. The summed E-state index contributed by atoms with van der Waals surface area (Å²) in [7, 11) is 1.70. The first-order chi connectivity index (χ1) is 9.97. The molecule has 0 fully saturated rings. The molecular weight excluding hydrogens is 354 g/mol. The number of aromatic nitrogens is 1. The van der Waals surface area contributed by atoms with Gasteiger partial charge in [0.25, 0.3) is 0 Å². The number of rotatable bonds is 2. The zero-order valence-corrected chi connectivity index (χ0v) is 13.9. The average molecular weight is 367 g/mol. The van der Waals surface area contributed by atoms with E-state index in [1.165, 1.54) is 4.57 Å². The van der Waals surface area contributed by atoms with Gasteiger partial charge in [-0.25, -0.2) is 4.79 Å². The fourth-order valence-electron chi connectivity index (χ4n) is 2.37. The van der Waals surface area contributed by atoms with E-state index in [1.807, 2.05) is 43.3 Å². The van der Waals surface area contributed by atoms with E-state index in [0.717, 1.165) is 22.2 Å². The maximum atomic E-state index is 11.6. The molecule has 0 saturated heterocycles. The van der Waals surface area contributed by atoms with Crippen molar-refractivity contribution in [1.29, 1.82) is 0 Å². The maximum absolute atomic E-state index is 11.6. The van der Waals surface area contributed by atoms with Crippen molar-refractivity contribution in [1.82, 2.24) is 4.57 Å². The third kappa shape index (κ3) is 2.54. The molecule has 0 aliphatic carbocycles. The quantitative estimate of drug-likeness (QED) is 0.622. The summed E-state index contributed by atoms with van der Waals surface area (Å²) in [5, 5.41) is 0.701. The molecule has 0 bridgehead atoms. The summed E-state index contributed by atoms with van der Waals surface area (Å²) in [6.07, 6.45) is 0. The SMILES string of the molecule is Cc1ccc(Cl)cc1C(Br)c1ccc2c(c1)oc(=O)n2C. The van der Waals surface area contributed by atoms with Crippen molar-refractivity contribution < 1.29 is 4.42 Å². The summed E-state index contributed by atoms with van der Waals surface area (Å²) in [5.74, 6) is -0.354. The highest BCUT2D eigenvalue weighted by atomic mass is 79.9. The van der Waals surface area contributed by atoms with E-state index in [2.05, 4.69) is 15.9 Å². The van der Waals surface area contributed by atoms with Crippen LogP contribution in [0.4, 0.5) is 0 Å². The molecule has 0 N–H and O–H groups in total. The molecule has 3 rings (SSSR count). The van der Waals surface area contributed by atoms with Gasteiger partial charge in [-0.1, -0.05) is 39.7 Å². The Morgan fingerprint density at radius 3 is 2.76 bits per heavy atom. The van der Waals surface area contributed by atoms with Crippen LogP contribution in [-0.4, -0.2) is 4.57 Å². The van der Waals surface area contributed by atoms with Crippen LogP contribution >= 0.6 is 27.5 Å². The Kier molecular flexibility index (Phi) is 3.68. The minimum atomic E-state index is -0.354. The summed E-state index contributed by atoms with van der Waals surface area (Å²) in [5.41, 5.74) is 4.63. The predicted octanol–water partition coefficient (Wildman–Crippen LogP) is 4.58. The Labute approximate surface area is 135 Å². The van der Waals surface area contributed by atoms with Crippen LogP contribution in [0.1, 0.15) is 21.5 Å². The predicted molar refractivity (Wildman–Crippen MR) is 88.4 cm³/mol. The number of aryl methyl sites for hydroxylation is 2. The molecule has 0 radical (unpaired) electrons. The molecule has 3 nitrogen and oxygen atoms in total. The zero-order chi connectivity index (χ0) is 15.1. The highest BCUT2D eigenvalue weighted by Crippen LogP contribution is 2.35. The van der Waals surface area contributed by atoms with Gasteiger partial charge < -0.3 is 4.42 Å². The number of fused-ring (bicyclic) bond motifs is 1. The number of halogens is 2. The van der Waals surface area contributed by atoms with Gasteiger partial charge in [0.2, 0.25) is 0 Å². The summed E-state index contributed by atoms with van der Waals surface area (Å²) in [6.45, 7) is 2.04. The van der Waals surface area contributed by atoms with Gasteiger partial charge in [-0.2, -0.15) is 0 Å². The summed E-state index contributed by atoms with van der Waals surface area (Å²) >= 11 is 9.79.